The highest BCUT2D eigenvalue weighted by atomic mass is 35.5. The van der Waals surface area contributed by atoms with Gasteiger partial charge in [0.15, 0.2) is 5.82 Å². The fraction of sp³-hybridized carbons (Fsp3) is 0.286. The number of aryl methyl sites for hydroxylation is 2. The van der Waals surface area contributed by atoms with Gasteiger partial charge in [0.25, 0.3) is 12.3 Å². The Morgan fingerprint density at radius 3 is 2.79 bits per heavy atom. The zero-order valence-electron chi connectivity index (χ0n) is 17.4. The first-order chi connectivity index (χ1) is 15.9. The molecule has 0 aliphatic carbocycles. The summed E-state index contributed by atoms with van der Waals surface area (Å²) in [5, 5.41) is 12.0. The Labute approximate surface area is 196 Å². The average molecular weight is 490 g/mol. The number of nitrogens with zero attached hydrogens (tertiary/aromatic N) is 6. The lowest BCUT2D eigenvalue weighted by atomic mass is 10.1. The molecule has 1 unspecified atom stereocenters. The number of carbonyl (C=O) groups excluding carboxylic acids is 1. The molecular formula is C21H18ClF2N7OS. The molecule has 0 bridgehead atoms. The summed E-state index contributed by atoms with van der Waals surface area (Å²) in [5.74, 6) is 1.09. The molecule has 12 heteroatoms. The number of rotatable bonds is 5. The molecule has 0 fully saturated rings. The number of aromatic nitrogens is 6. The first-order valence-electron chi connectivity index (χ1n) is 10.2. The molecule has 1 amide bonds. The van der Waals surface area contributed by atoms with E-state index in [1.54, 1.807) is 7.05 Å². The van der Waals surface area contributed by atoms with Crippen LogP contribution < -0.4 is 5.32 Å². The molecule has 4 heterocycles. The zero-order chi connectivity index (χ0) is 23.1. The second-order valence-electron chi connectivity index (χ2n) is 7.61. The van der Waals surface area contributed by atoms with Crippen LogP contribution in [0.2, 0.25) is 4.34 Å². The maximum absolute atomic E-state index is 13.1. The summed E-state index contributed by atoms with van der Waals surface area (Å²) in [4.78, 5) is 21.7. The van der Waals surface area contributed by atoms with Gasteiger partial charge in [0.2, 0.25) is 0 Å². The summed E-state index contributed by atoms with van der Waals surface area (Å²) in [6.07, 6.45) is -0.153. The molecule has 5 rings (SSSR count). The van der Waals surface area contributed by atoms with E-state index in [4.69, 9.17) is 11.6 Å². The van der Waals surface area contributed by atoms with Crippen LogP contribution in [0.4, 0.5) is 8.78 Å². The molecule has 3 aromatic heterocycles. The summed E-state index contributed by atoms with van der Waals surface area (Å²) >= 11 is 6.81. The Hall–Kier alpha value is -3.18. The van der Waals surface area contributed by atoms with Crippen LogP contribution >= 0.6 is 22.9 Å². The monoisotopic (exact) mass is 489 g/mol. The van der Waals surface area contributed by atoms with Crippen LogP contribution in [-0.4, -0.2) is 41.5 Å². The summed E-state index contributed by atoms with van der Waals surface area (Å²) in [6.45, 7) is 0.623. The fourth-order valence-electron chi connectivity index (χ4n) is 3.82. The summed E-state index contributed by atoms with van der Waals surface area (Å²) < 4.78 is 29.4. The third-order valence-electron chi connectivity index (χ3n) is 5.43. The Balaban J connectivity index is 1.35. The van der Waals surface area contributed by atoms with Gasteiger partial charge in [-0.25, -0.2) is 23.4 Å². The van der Waals surface area contributed by atoms with Gasteiger partial charge in [0, 0.05) is 31.6 Å². The van der Waals surface area contributed by atoms with Crippen molar-refractivity contribution in [1.82, 2.24) is 34.8 Å². The Morgan fingerprint density at radius 2 is 2.06 bits per heavy atom. The number of hydrogen-bond acceptors (Lipinski definition) is 6. The van der Waals surface area contributed by atoms with Crippen LogP contribution in [0.1, 0.15) is 34.9 Å². The minimum atomic E-state index is -2.79. The molecule has 0 radical (unpaired) electrons. The molecule has 0 saturated heterocycles. The van der Waals surface area contributed by atoms with Crippen molar-refractivity contribution in [3.8, 4) is 22.0 Å². The van der Waals surface area contributed by atoms with Crippen molar-refractivity contribution in [2.45, 2.75) is 31.9 Å². The third-order valence-corrected chi connectivity index (χ3v) is 6.75. The van der Waals surface area contributed by atoms with Gasteiger partial charge in [-0.15, -0.1) is 11.3 Å². The molecule has 1 N–H and O–H groups in total. The standard InChI is InChI=1S/C21H18ClF2N7OS/c1-30-16(13(10-25-30)21-28-15(18(23)24)17(22)33-21)20(32)26-12-7-8-31-14(9-12)27-19(29-31)11-5-3-2-4-6-11/h2-6,10,12,18H,7-9H2,1H3,(H,26,32). The molecule has 0 spiro atoms. The van der Waals surface area contributed by atoms with E-state index >= 15 is 0 Å². The molecule has 4 aromatic rings. The maximum atomic E-state index is 13.1. The second-order valence-corrected chi connectivity index (χ2v) is 9.21. The van der Waals surface area contributed by atoms with Gasteiger partial charge < -0.3 is 5.32 Å². The highest BCUT2D eigenvalue weighted by Crippen LogP contribution is 2.37. The third kappa shape index (κ3) is 4.13. The Bertz CT molecular complexity index is 1320. The minimum Gasteiger partial charge on any atom is -0.347 e. The van der Waals surface area contributed by atoms with Gasteiger partial charge in [-0.2, -0.15) is 10.2 Å². The maximum Gasteiger partial charge on any atom is 0.282 e. The zero-order valence-corrected chi connectivity index (χ0v) is 18.9. The lowest BCUT2D eigenvalue weighted by molar-refractivity contribution is 0.0921. The quantitative estimate of drug-likeness (QED) is 0.455. The molecule has 8 nitrogen and oxygen atoms in total. The largest absolute Gasteiger partial charge is 0.347 e. The summed E-state index contributed by atoms with van der Waals surface area (Å²) in [5.41, 5.74) is 1.04. The van der Waals surface area contributed by atoms with Crippen LogP contribution in [0.3, 0.4) is 0 Å². The van der Waals surface area contributed by atoms with Crippen molar-refractivity contribution < 1.29 is 13.6 Å². The van der Waals surface area contributed by atoms with Crippen LogP contribution in [0.5, 0.6) is 0 Å². The van der Waals surface area contributed by atoms with E-state index in [2.05, 4.69) is 25.5 Å². The first-order valence-corrected chi connectivity index (χ1v) is 11.4. The van der Waals surface area contributed by atoms with Gasteiger partial charge in [-0.1, -0.05) is 41.9 Å². The van der Waals surface area contributed by atoms with Gasteiger partial charge in [0.1, 0.15) is 26.6 Å². The fourth-order valence-corrected chi connectivity index (χ4v) is 4.97. The van der Waals surface area contributed by atoms with Gasteiger partial charge in [0.05, 0.1) is 11.8 Å². The molecule has 1 aliphatic heterocycles. The normalized spacial score (nSPS) is 15.6. The predicted molar refractivity (Wildman–Crippen MR) is 119 cm³/mol. The highest BCUT2D eigenvalue weighted by molar-refractivity contribution is 7.19. The number of halogens is 3. The van der Waals surface area contributed by atoms with E-state index in [9.17, 15) is 13.6 Å². The SMILES string of the molecule is Cn1ncc(-c2nc(C(F)F)c(Cl)s2)c1C(=O)NC1CCn2nc(-c3ccccc3)nc2C1. The smallest absolute Gasteiger partial charge is 0.282 e. The van der Waals surface area contributed by atoms with Crippen LogP contribution in [0.15, 0.2) is 36.5 Å². The minimum absolute atomic E-state index is 0.101. The molecular weight excluding hydrogens is 472 g/mol. The number of carbonyl (C=O) groups is 1. The molecule has 0 saturated carbocycles. The van der Waals surface area contributed by atoms with Gasteiger partial charge in [-0.3, -0.25) is 9.48 Å². The van der Waals surface area contributed by atoms with Crippen LogP contribution in [0, 0.1) is 0 Å². The molecule has 1 atom stereocenters. The van der Waals surface area contributed by atoms with Crippen molar-refractivity contribution in [2.24, 2.45) is 7.05 Å². The second kappa shape index (κ2) is 8.64. The van der Waals surface area contributed by atoms with E-state index in [1.165, 1.54) is 10.9 Å². The molecule has 1 aliphatic rings. The number of fused-ring (bicyclic) bond motifs is 1. The predicted octanol–water partition coefficient (Wildman–Crippen LogP) is 4.14. The lowest BCUT2D eigenvalue weighted by Gasteiger charge is -2.23. The van der Waals surface area contributed by atoms with E-state index in [-0.39, 0.29) is 27.0 Å². The summed E-state index contributed by atoms with van der Waals surface area (Å²) in [7, 11) is 1.62. The number of amides is 1. The Morgan fingerprint density at radius 1 is 1.27 bits per heavy atom. The van der Waals surface area contributed by atoms with Crippen LogP contribution in [0.25, 0.3) is 22.0 Å². The number of alkyl halides is 2. The number of benzene rings is 1. The van der Waals surface area contributed by atoms with Crippen molar-refractivity contribution in [1.29, 1.82) is 0 Å². The molecule has 170 valence electrons. The lowest BCUT2D eigenvalue weighted by Crippen LogP contribution is -2.41. The number of thiazole rings is 1. The van der Waals surface area contributed by atoms with E-state index in [0.29, 0.717) is 30.8 Å². The van der Waals surface area contributed by atoms with Gasteiger partial charge in [-0.05, 0) is 6.42 Å². The Kier molecular flexibility index (Phi) is 5.67. The topological polar surface area (TPSA) is 90.5 Å². The van der Waals surface area contributed by atoms with Crippen molar-refractivity contribution in [3.63, 3.8) is 0 Å². The van der Waals surface area contributed by atoms with Crippen molar-refractivity contribution in [3.05, 3.63) is 58.1 Å². The molecule has 1 aromatic carbocycles. The molecule has 33 heavy (non-hydrogen) atoms. The number of nitrogens with one attached hydrogen (secondary N) is 1. The van der Waals surface area contributed by atoms with E-state index in [1.807, 2.05) is 35.0 Å². The van der Waals surface area contributed by atoms with Crippen molar-refractivity contribution >= 4 is 28.8 Å². The van der Waals surface area contributed by atoms with Gasteiger partial charge >= 0.3 is 0 Å². The summed E-state index contributed by atoms with van der Waals surface area (Å²) in [6, 6.07) is 9.56. The highest BCUT2D eigenvalue weighted by Gasteiger charge is 2.28. The average Bonchev–Trinajstić information content (AvgIpc) is 3.50. The number of hydrogen-bond donors (Lipinski definition) is 1. The van der Waals surface area contributed by atoms with Crippen LogP contribution in [-0.2, 0) is 20.0 Å². The van der Waals surface area contributed by atoms with E-state index < -0.39 is 12.1 Å². The van der Waals surface area contributed by atoms with Crippen molar-refractivity contribution in [2.75, 3.05) is 0 Å². The van der Waals surface area contributed by atoms with E-state index in [0.717, 1.165) is 22.7 Å². The first kappa shape index (κ1) is 21.7.